The van der Waals surface area contributed by atoms with E-state index < -0.39 is 0 Å². The zero-order valence-corrected chi connectivity index (χ0v) is 10.4. The lowest BCUT2D eigenvalue weighted by atomic mass is 10.3. The number of ether oxygens (including phenoxy) is 1. The fourth-order valence-corrected chi connectivity index (χ4v) is 1.57. The van der Waals surface area contributed by atoms with Crippen LogP contribution in [-0.4, -0.2) is 38.3 Å². The summed E-state index contributed by atoms with van der Waals surface area (Å²) in [4.78, 5) is 6.40. The van der Waals surface area contributed by atoms with Gasteiger partial charge in [-0.25, -0.2) is 4.98 Å². The lowest BCUT2D eigenvalue weighted by molar-refractivity contribution is 0.398. The van der Waals surface area contributed by atoms with E-state index in [0.717, 1.165) is 31.9 Å². The number of nitrogens with one attached hydrogen (secondary N) is 1. The molecule has 1 rings (SSSR count). The topological polar surface area (TPSA) is 37.4 Å². The maximum Gasteiger partial charge on any atom is 0.214 e. The normalized spacial score (nSPS) is 10.2. The minimum atomic E-state index is 0.666. The van der Waals surface area contributed by atoms with Crippen LogP contribution >= 0.6 is 0 Å². The maximum atomic E-state index is 5.12. The highest BCUT2D eigenvalue weighted by atomic mass is 16.5. The van der Waals surface area contributed by atoms with Crippen LogP contribution in [0, 0.1) is 0 Å². The van der Waals surface area contributed by atoms with E-state index in [1.807, 2.05) is 12.1 Å². The van der Waals surface area contributed by atoms with Crippen LogP contribution in [0.2, 0.25) is 0 Å². The van der Waals surface area contributed by atoms with Gasteiger partial charge in [0.05, 0.1) is 7.11 Å². The van der Waals surface area contributed by atoms with Crippen molar-refractivity contribution in [2.45, 2.75) is 13.8 Å². The molecule has 0 fully saturated rings. The van der Waals surface area contributed by atoms with Crippen molar-refractivity contribution in [3.8, 4) is 5.88 Å². The summed E-state index contributed by atoms with van der Waals surface area (Å²) in [5, 5.41) is 3.32. The molecule has 0 atom stereocenters. The van der Waals surface area contributed by atoms with E-state index in [2.05, 4.69) is 29.0 Å². The highest BCUT2D eigenvalue weighted by Crippen LogP contribution is 2.17. The Morgan fingerprint density at radius 3 is 2.88 bits per heavy atom. The molecule has 0 aromatic carbocycles. The van der Waals surface area contributed by atoms with Crippen molar-refractivity contribution in [3.05, 3.63) is 18.3 Å². The van der Waals surface area contributed by atoms with Gasteiger partial charge in [0.1, 0.15) is 0 Å². The summed E-state index contributed by atoms with van der Waals surface area (Å²) in [7, 11) is 1.64. The second-order valence-corrected chi connectivity index (χ2v) is 3.49. The quantitative estimate of drug-likeness (QED) is 0.711. The Labute approximate surface area is 97.6 Å². The average molecular weight is 223 g/mol. The molecule has 90 valence electrons. The van der Waals surface area contributed by atoms with Crippen LogP contribution in [0.25, 0.3) is 0 Å². The minimum Gasteiger partial charge on any atom is -0.481 e. The molecule has 16 heavy (non-hydrogen) atoms. The average Bonchev–Trinajstić information content (AvgIpc) is 2.35. The van der Waals surface area contributed by atoms with Crippen LogP contribution in [0.5, 0.6) is 5.88 Å². The number of anilines is 1. The molecule has 1 aromatic rings. The Morgan fingerprint density at radius 2 is 2.25 bits per heavy atom. The standard InChI is InChI=1S/C12H21N3O/c1-4-13-8-9-15(5-2)11-6-7-14-12(10-11)16-3/h6-7,10,13H,4-5,8-9H2,1-3H3. The van der Waals surface area contributed by atoms with Gasteiger partial charge in [-0.3, -0.25) is 0 Å². The lowest BCUT2D eigenvalue weighted by Gasteiger charge is -2.23. The third-order valence-corrected chi connectivity index (χ3v) is 2.48. The van der Waals surface area contributed by atoms with Gasteiger partial charge in [0.25, 0.3) is 0 Å². The molecule has 1 heterocycles. The van der Waals surface area contributed by atoms with Gasteiger partial charge >= 0.3 is 0 Å². The summed E-state index contributed by atoms with van der Waals surface area (Å²) in [6.45, 7) is 8.26. The molecule has 0 aliphatic heterocycles. The molecule has 0 spiro atoms. The van der Waals surface area contributed by atoms with Gasteiger partial charge in [0.15, 0.2) is 0 Å². The predicted octanol–water partition coefficient (Wildman–Crippen LogP) is 1.53. The first-order valence-corrected chi connectivity index (χ1v) is 5.77. The number of pyridine rings is 1. The van der Waals surface area contributed by atoms with Gasteiger partial charge in [0.2, 0.25) is 5.88 Å². The van der Waals surface area contributed by atoms with Crippen molar-refractivity contribution in [1.29, 1.82) is 0 Å². The predicted molar refractivity (Wildman–Crippen MR) is 67.2 cm³/mol. The van der Waals surface area contributed by atoms with Crippen molar-refractivity contribution >= 4 is 5.69 Å². The molecule has 0 aliphatic carbocycles. The van der Waals surface area contributed by atoms with Crippen LogP contribution in [0.15, 0.2) is 18.3 Å². The Morgan fingerprint density at radius 1 is 1.44 bits per heavy atom. The number of likely N-dealkylation sites (N-methyl/N-ethyl adjacent to an activating group) is 2. The Balaban J connectivity index is 2.62. The summed E-state index contributed by atoms with van der Waals surface area (Å²) >= 11 is 0. The van der Waals surface area contributed by atoms with Crippen LogP contribution < -0.4 is 15.0 Å². The summed E-state index contributed by atoms with van der Waals surface area (Å²) in [5.41, 5.74) is 1.16. The number of rotatable bonds is 7. The van der Waals surface area contributed by atoms with Crippen LogP contribution in [0.4, 0.5) is 5.69 Å². The first-order chi connectivity index (χ1) is 7.81. The van der Waals surface area contributed by atoms with E-state index in [0.29, 0.717) is 5.88 Å². The minimum absolute atomic E-state index is 0.666. The zero-order chi connectivity index (χ0) is 11.8. The van der Waals surface area contributed by atoms with E-state index >= 15 is 0 Å². The van der Waals surface area contributed by atoms with Crippen LogP contribution in [0.3, 0.4) is 0 Å². The van der Waals surface area contributed by atoms with Gasteiger partial charge in [-0.15, -0.1) is 0 Å². The molecule has 4 nitrogen and oxygen atoms in total. The fourth-order valence-electron chi connectivity index (χ4n) is 1.57. The first kappa shape index (κ1) is 12.8. The number of methoxy groups -OCH3 is 1. The zero-order valence-electron chi connectivity index (χ0n) is 10.4. The van der Waals surface area contributed by atoms with Crippen LogP contribution in [-0.2, 0) is 0 Å². The molecule has 0 unspecified atom stereocenters. The molecule has 0 saturated heterocycles. The molecule has 4 heteroatoms. The van der Waals surface area contributed by atoms with E-state index in [-0.39, 0.29) is 0 Å². The third-order valence-electron chi connectivity index (χ3n) is 2.48. The Hall–Kier alpha value is -1.29. The second-order valence-electron chi connectivity index (χ2n) is 3.49. The molecule has 0 aliphatic rings. The van der Waals surface area contributed by atoms with Gasteiger partial charge in [-0.1, -0.05) is 6.92 Å². The Bertz CT molecular complexity index is 304. The summed E-state index contributed by atoms with van der Waals surface area (Å²) < 4.78 is 5.12. The largest absolute Gasteiger partial charge is 0.481 e. The Kier molecular flexibility index (Phi) is 5.64. The third kappa shape index (κ3) is 3.70. The summed E-state index contributed by atoms with van der Waals surface area (Å²) in [6.07, 6.45) is 1.78. The first-order valence-electron chi connectivity index (χ1n) is 5.77. The molecular weight excluding hydrogens is 202 g/mol. The number of hydrogen-bond acceptors (Lipinski definition) is 4. The number of aromatic nitrogens is 1. The van der Waals surface area contributed by atoms with E-state index in [1.165, 1.54) is 0 Å². The highest BCUT2D eigenvalue weighted by Gasteiger charge is 2.04. The fraction of sp³-hybridized carbons (Fsp3) is 0.583. The molecule has 0 amide bonds. The monoisotopic (exact) mass is 223 g/mol. The van der Waals surface area contributed by atoms with Crippen molar-refractivity contribution in [2.75, 3.05) is 38.2 Å². The van der Waals surface area contributed by atoms with Gasteiger partial charge in [0, 0.05) is 37.6 Å². The number of hydrogen-bond donors (Lipinski definition) is 1. The maximum absolute atomic E-state index is 5.12. The highest BCUT2D eigenvalue weighted by molar-refractivity contribution is 5.47. The molecule has 1 N–H and O–H groups in total. The molecule has 1 aromatic heterocycles. The van der Waals surface area contributed by atoms with Gasteiger partial charge < -0.3 is 15.0 Å². The van der Waals surface area contributed by atoms with E-state index in [4.69, 9.17) is 4.74 Å². The van der Waals surface area contributed by atoms with Gasteiger partial charge in [-0.2, -0.15) is 0 Å². The molecular formula is C12H21N3O. The van der Waals surface area contributed by atoms with E-state index in [9.17, 15) is 0 Å². The smallest absolute Gasteiger partial charge is 0.214 e. The van der Waals surface area contributed by atoms with Crippen molar-refractivity contribution in [1.82, 2.24) is 10.3 Å². The molecule has 0 radical (unpaired) electrons. The lowest BCUT2D eigenvalue weighted by Crippen LogP contribution is -2.31. The molecule has 0 saturated carbocycles. The SMILES string of the molecule is CCNCCN(CC)c1ccnc(OC)c1. The van der Waals surface area contributed by atoms with E-state index in [1.54, 1.807) is 13.3 Å². The van der Waals surface area contributed by atoms with Crippen molar-refractivity contribution in [3.63, 3.8) is 0 Å². The summed E-state index contributed by atoms with van der Waals surface area (Å²) in [5.74, 6) is 0.666. The van der Waals surface area contributed by atoms with Crippen molar-refractivity contribution < 1.29 is 4.74 Å². The van der Waals surface area contributed by atoms with Crippen molar-refractivity contribution in [2.24, 2.45) is 0 Å². The number of nitrogens with zero attached hydrogens (tertiary/aromatic N) is 2. The van der Waals surface area contributed by atoms with Crippen LogP contribution in [0.1, 0.15) is 13.8 Å². The molecule has 0 bridgehead atoms. The summed E-state index contributed by atoms with van der Waals surface area (Å²) in [6, 6.07) is 3.98. The van der Waals surface area contributed by atoms with Gasteiger partial charge in [-0.05, 0) is 19.5 Å². The second kappa shape index (κ2) is 7.06.